The highest BCUT2D eigenvalue weighted by atomic mass is 19.4. The number of aromatic nitrogens is 5. The van der Waals surface area contributed by atoms with Gasteiger partial charge in [-0.3, -0.25) is 9.69 Å². The molecule has 3 aromatic heterocycles. The van der Waals surface area contributed by atoms with Gasteiger partial charge in [-0.25, -0.2) is 28.4 Å². The summed E-state index contributed by atoms with van der Waals surface area (Å²) in [5.74, 6) is 0.510. The van der Waals surface area contributed by atoms with Gasteiger partial charge in [-0.1, -0.05) is 0 Å². The molecule has 1 spiro atoms. The fraction of sp³-hybridized carbons (Fsp3) is 0.450. The van der Waals surface area contributed by atoms with Crippen LogP contribution in [0.15, 0.2) is 30.7 Å². The summed E-state index contributed by atoms with van der Waals surface area (Å²) in [5, 5.41) is 3.90. The Morgan fingerprint density at radius 2 is 1.85 bits per heavy atom. The summed E-state index contributed by atoms with van der Waals surface area (Å²) in [6.07, 6.45) is -2.52. The van der Waals surface area contributed by atoms with Crippen LogP contribution in [0.25, 0.3) is 11.2 Å². The van der Waals surface area contributed by atoms with E-state index in [1.165, 1.54) is 17.2 Å². The smallest absolute Gasteiger partial charge is 0.354 e. The molecular weight excluding hydrogens is 449 g/mol. The molecule has 0 aromatic carbocycles. The number of nitrogens with zero attached hydrogens (tertiary/aromatic N) is 7. The molecule has 174 valence electrons. The standard InChI is InChI=1S/C20H18F5N7O/c21-14(22)9-32-18-13(7-28-32)26-8-16(29-18)30-10-19(11-30)3-4-31(17(33)5-19)15-2-1-12(6-27-15)20(23,24)25/h1-2,6-8,14H,3-5,9-11H2. The van der Waals surface area contributed by atoms with E-state index >= 15 is 0 Å². The number of hydrogen-bond donors (Lipinski definition) is 0. The Bertz CT molecular complexity index is 1190. The number of anilines is 2. The third-order valence-electron chi connectivity index (χ3n) is 6.06. The highest BCUT2D eigenvalue weighted by Crippen LogP contribution is 2.43. The van der Waals surface area contributed by atoms with Gasteiger partial charge >= 0.3 is 6.18 Å². The highest BCUT2D eigenvalue weighted by Gasteiger charge is 2.48. The zero-order valence-electron chi connectivity index (χ0n) is 17.1. The van der Waals surface area contributed by atoms with E-state index in [0.29, 0.717) is 37.4 Å². The van der Waals surface area contributed by atoms with Crippen molar-refractivity contribution in [2.24, 2.45) is 5.41 Å². The molecule has 8 nitrogen and oxygen atoms in total. The molecule has 5 heterocycles. The van der Waals surface area contributed by atoms with E-state index in [1.807, 2.05) is 4.90 Å². The molecule has 0 bridgehead atoms. The molecule has 2 aliphatic rings. The first-order valence-corrected chi connectivity index (χ1v) is 10.2. The molecule has 2 fully saturated rings. The largest absolute Gasteiger partial charge is 0.417 e. The van der Waals surface area contributed by atoms with E-state index in [2.05, 4.69) is 20.1 Å². The molecule has 0 unspecified atom stereocenters. The van der Waals surface area contributed by atoms with Gasteiger partial charge in [0.05, 0.1) is 18.0 Å². The van der Waals surface area contributed by atoms with Crippen molar-refractivity contribution in [3.05, 3.63) is 36.3 Å². The van der Waals surface area contributed by atoms with Gasteiger partial charge in [-0.05, 0) is 18.6 Å². The lowest BCUT2D eigenvalue weighted by molar-refractivity contribution is -0.137. The number of hydrogen-bond acceptors (Lipinski definition) is 6. The lowest BCUT2D eigenvalue weighted by atomic mass is 9.71. The first kappa shape index (κ1) is 21.5. The van der Waals surface area contributed by atoms with Crippen LogP contribution in [0.1, 0.15) is 18.4 Å². The molecule has 0 radical (unpaired) electrons. The molecule has 0 N–H and O–H groups in total. The first-order chi connectivity index (χ1) is 15.6. The quantitative estimate of drug-likeness (QED) is 0.549. The van der Waals surface area contributed by atoms with E-state index in [4.69, 9.17) is 0 Å². The van der Waals surface area contributed by atoms with E-state index in [0.717, 1.165) is 16.9 Å². The van der Waals surface area contributed by atoms with Crippen molar-refractivity contribution in [3.8, 4) is 0 Å². The Labute approximate surface area is 184 Å². The van der Waals surface area contributed by atoms with Crippen LogP contribution in [-0.4, -0.2) is 56.7 Å². The number of alkyl halides is 5. The number of carbonyl (C=O) groups excluding carboxylic acids is 1. The Kier molecular flexibility index (Phi) is 4.94. The molecule has 2 saturated heterocycles. The van der Waals surface area contributed by atoms with E-state index in [-0.39, 0.29) is 29.2 Å². The minimum atomic E-state index is -4.49. The van der Waals surface area contributed by atoms with Gasteiger partial charge in [0.25, 0.3) is 6.43 Å². The second-order valence-electron chi connectivity index (χ2n) is 8.39. The molecule has 0 saturated carbocycles. The summed E-state index contributed by atoms with van der Waals surface area (Å²) in [6.45, 7) is 0.844. The number of halogens is 5. The van der Waals surface area contributed by atoms with Gasteiger partial charge < -0.3 is 4.90 Å². The van der Waals surface area contributed by atoms with Gasteiger partial charge in [0.2, 0.25) is 5.91 Å². The van der Waals surface area contributed by atoms with Crippen LogP contribution in [0.5, 0.6) is 0 Å². The summed E-state index contributed by atoms with van der Waals surface area (Å²) < 4.78 is 64.9. The highest BCUT2D eigenvalue weighted by molar-refractivity contribution is 5.94. The number of piperidine rings is 1. The third kappa shape index (κ3) is 3.95. The van der Waals surface area contributed by atoms with Crippen molar-refractivity contribution < 1.29 is 26.7 Å². The predicted octanol–water partition coefficient (Wildman–Crippen LogP) is 3.14. The maximum Gasteiger partial charge on any atom is 0.417 e. The second kappa shape index (κ2) is 7.59. The van der Waals surface area contributed by atoms with E-state index in [1.54, 1.807) is 6.20 Å². The molecule has 0 aliphatic carbocycles. The summed E-state index contributed by atoms with van der Waals surface area (Å²) in [7, 11) is 0. The number of rotatable bonds is 4. The Morgan fingerprint density at radius 1 is 1.06 bits per heavy atom. The van der Waals surface area contributed by atoms with Gasteiger partial charge in [0, 0.05) is 37.7 Å². The minimum Gasteiger partial charge on any atom is -0.354 e. The van der Waals surface area contributed by atoms with E-state index in [9.17, 15) is 26.7 Å². The first-order valence-electron chi connectivity index (χ1n) is 10.2. The average molecular weight is 467 g/mol. The van der Waals surface area contributed by atoms with Crippen LogP contribution in [0.2, 0.25) is 0 Å². The monoisotopic (exact) mass is 467 g/mol. The fourth-order valence-corrected chi connectivity index (χ4v) is 4.39. The molecule has 2 aliphatic heterocycles. The topological polar surface area (TPSA) is 80.0 Å². The lowest BCUT2D eigenvalue weighted by Crippen LogP contribution is -2.62. The molecule has 0 atom stereocenters. The summed E-state index contributed by atoms with van der Waals surface area (Å²) in [5.41, 5.74) is -0.454. The predicted molar refractivity (Wildman–Crippen MR) is 107 cm³/mol. The summed E-state index contributed by atoms with van der Waals surface area (Å²) in [4.78, 5) is 28.6. The van der Waals surface area contributed by atoms with Crippen molar-refractivity contribution in [2.75, 3.05) is 29.4 Å². The van der Waals surface area contributed by atoms with Gasteiger partial charge in [-0.15, -0.1) is 0 Å². The van der Waals surface area contributed by atoms with Crippen LogP contribution < -0.4 is 9.80 Å². The SMILES string of the molecule is O=C1CC2(CCN1c1ccc(C(F)(F)F)cn1)CN(c1cnc3cnn(CC(F)F)c3n1)C2. The second-order valence-corrected chi connectivity index (χ2v) is 8.39. The Hall–Kier alpha value is -3.38. The minimum absolute atomic E-state index is 0.197. The third-order valence-corrected chi connectivity index (χ3v) is 6.06. The Morgan fingerprint density at radius 3 is 2.48 bits per heavy atom. The van der Waals surface area contributed by atoms with Crippen molar-refractivity contribution in [3.63, 3.8) is 0 Å². The zero-order valence-corrected chi connectivity index (χ0v) is 17.1. The maximum absolute atomic E-state index is 12.8. The number of fused-ring (bicyclic) bond motifs is 1. The van der Waals surface area contributed by atoms with Crippen LogP contribution in [0.4, 0.5) is 33.6 Å². The number of amides is 1. The fourth-order valence-electron chi connectivity index (χ4n) is 4.39. The summed E-state index contributed by atoms with van der Waals surface area (Å²) in [6, 6.07) is 2.12. The molecule has 13 heteroatoms. The van der Waals surface area contributed by atoms with Crippen molar-refractivity contribution in [1.29, 1.82) is 0 Å². The molecular formula is C20H18F5N7O. The van der Waals surface area contributed by atoms with Crippen LogP contribution in [0, 0.1) is 5.41 Å². The normalized spacial score (nSPS) is 18.4. The average Bonchev–Trinajstić information content (AvgIpc) is 3.13. The maximum atomic E-state index is 12.8. The van der Waals surface area contributed by atoms with Crippen LogP contribution in [-0.2, 0) is 17.5 Å². The Balaban J connectivity index is 1.25. The van der Waals surface area contributed by atoms with Gasteiger partial charge in [-0.2, -0.15) is 18.3 Å². The molecule has 33 heavy (non-hydrogen) atoms. The molecule has 5 rings (SSSR count). The van der Waals surface area contributed by atoms with Gasteiger partial charge in [0.15, 0.2) is 5.65 Å². The number of carbonyl (C=O) groups is 1. The zero-order chi connectivity index (χ0) is 23.4. The molecule has 1 amide bonds. The number of pyridine rings is 1. The van der Waals surface area contributed by atoms with Crippen LogP contribution in [0.3, 0.4) is 0 Å². The van der Waals surface area contributed by atoms with Crippen LogP contribution >= 0.6 is 0 Å². The van der Waals surface area contributed by atoms with E-state index < -0.39 is 24.7 Å². The van der Waals surface area contributed by atoms with Gasteiger partial charge in [0.1, 0.15) is 23.7 Å². The lowest BCUT2D eigenvalue weighted by Gasteiger charge is -2.53. The summed E-state index contributed by atoms with van der Waals surface area (Å²) >= 11 is 0. The van der Waals surface area contributed by atoms with Crippen molar-refractivity contribution in [1.82, 2.24) is 24.7 Å². The van der Waals surface area contributed by atoms with Crippen molar-refractivity contribution >= 4 is 28.7 Å². The molecule has 3 aromatic rings. The van der Waals surface area contributed by atoms with Crippen molar-refractivity contribution in [2.45, 2.75) is 32.0 Å².